The monoisotopic (exact) mass is 274 g/mol. The average molecular weight is 275 g/mol. The van der Waals surface area contributed by atoms with Crippen LogP contribution in [-0.4, -0.2) is 17.8 Å². The van der Waals surface area contributed by atoms with Gasteiger partial charge >= 0.3 is 0 Å². The molecule has 0 saturated heterocycles. The molecule has 0 heterocycles. The summed E-state index contributed by atoms with van der Waals surface area (Å²) in [6, 6.07) is 3.01. The Morgan fingerprint density at radius 1 is 1.53 bits per heavy atom. The lowest BCUT2D eigenvalue weighted by molar-refractivity contribution is 0.149. The molecule has 0 spiro atoms. The van der Waals surface area contributed by atoms with Crippen molar-refractivity contribution in [3.63, 3.8) is 0 Å². The molecule has 1 N–H and O–H groups in total. The zero-order valence-corrected chi connectivity index (χ0v) is 9.97. The molecule has 1 aromatic rings. The molecule has 0 atom stereocenters. The number of hydrogen-bond donors (Lipinski definition) is 1. The van der Waals surface area contributed by atoms with Crippen molar-refractivity contribution in [2.75, 3.05) is 7.11 Å². The highest BCUT2D eigenvalue weighted by Crippen LogP contribution is 2.40. The maximum atomic E-state index is 13.6. The van der Waals surface area contributed by atoms with Crippen LogP contribution in [0.3, 0.4) is 0 Å². The van der Waals surface area contributed by atoms with Crippen molar-refractivity contribution in [1.82, 2.24) is 0 Å². The lowest BCUT2D eigenvalue weighted by atomic mass is 10.1. The fourth-order valence-corrected chi connectivity index (χ4v) is 2.09. The smallest absolute Gasteiger partial charge is 0.135 e. The van der Waals surface area contributed by atoms with Crippen molar-refractivity contribution >= 4 is 15.9 Å². The normalized spacial score (nSPS) is 17.6. The molecular formula is C11H12BrFO2. The van der Waals surface area contributed by atoms with Crippen LogP contribution in [0.1, 0.15) is 18.4 Å². The van der Waals surface area contributed by atoms with Crippen molar-refractivity contribution in [2.24, 2.45) is 0 Å². The van der Waals surface area contributed by atoms with E-state index < -0.39 is 5.60 Å². The Balaban J connectivity index is 2.28. The lowest BCUT2D eigenvalue weighted by Gasteiger charge is -2.11. The molecule has 2 nitrogen and oxygen atoms in total. The second-order valence-corrected chi connectivity index (χ2v) is 4.83. The Bertz CT molecular complexity index is 388. The standard InChI is InChI=1S/C11H12BrFO2/c1-15-10-5-9(13)7(4-8(10)12)6-11(14)2-3-11/h4-5,14H,2-3,6H2,1H3. The second kappa shape index (κ2) is 3.76. The van der Waals surface area contributed by atoms with Crippen LogP contribution >= 0.6 is 15.9 Å². The zero-order valence-electron chi connectivity index (χ0n) is 8.39. The van der Waals surface area contributed by atoms with E-state index in [4.69, 9.17) is 4.74 Å². The van der Waals surface area contributed by atoms with Crippen LogP contribution in [0.4, 0.5) is 4.39 Å². The molecule has 0 unspecified atom stereocenters. The van der Waals surface area contributed by atoms with Crippen LogP contribution in [0.15, 0.2) is 16.6 Å². The van der Waals surface area contributed by atoms with Gasteiger partial charge < -0.3 is 9.84 Å². The van der Waals surface area contributed by atoms with E-state index in [9.17, 15) is 9.50 Å². The molecule has 82 valence electrons. The van der Waals surface area contributed by atoms with Gasteiger partial charge in [0, 0.05) is 12.5 Å². The van der Waals surface area contributed by atoms with E-state index in [1.54, 1.807) is 6.07 Å². The highest BCUT2D eigenvalue weighted by Gasteiger charge is 2.40. The number of hydrogen-bond acceptors (Lipinski definition) is 2. The first-order chi connectivity index (χ1) is 7.04. The maximum absolute atomic E-state index is 13.6. The highest BCUT2D eigenvalue weighted by atomic mass is 79.9. The number of halogens is 2. The summed E-state index contributed by atoms with van der Waals surface area (Å²) < 4.78 is 19.3. The molecule has 1 fully saturated rings. The van der Waals surface area contributed by atoms with Gasteiger partial charge in [0.2, 0.25) is 0 Å². The van der Waals surface area contributed by atoms with Gasteiger partial charge in [-0.25, -0.2) is 4.39 Å². The van der Waals surface area contributed by atoms with Crippen molar-refractivity contribution in [3.8, 4) is 5.75 Å². The number of benzene rings is 1. The van der Waals surface area contributed by atoms with Crippen LogP contribution in [0.2, 0.25) is 0 Å². The molecule has 0 aromatic heterocycles. The van der Waals surface area contributed by atoms with E-state index in [0.29, 0.717) is 22.2 Å². The summed E-state index contributed by atoms with van der Waals surface area (Å²) in [6.07, 6.45) is 1.90. The van der Waals surface area contributed by atoms with Gasteiger partial charge in [0.15, 0.2) is 0 Å². The predicted molar refractivity (Wildman–Crippen MR) is 58.5 cm³/mol. The van der Waals surface area contributed by atoms with Gasteiger partial charge in [0.25, 0.3) is 0 Å². The Kier molecular flexibility index (Phi) is 2.73. The molecule has 2 rings (SSSR count). The van der Waals surface area contributed by atoms with E-state index in [-0.39, 0.29) is 5.82 Å². The summed E-state index contributed by atoms with van der Waals surface area (Å²) in [6.45, 7) is 0. The number of ether oxygens (including phenoxy) is 1. The van der Waals surface area contributed by atoms with E-state index in [1.807, 2.05) is 0 Å². The zero-order chi connectivity index (χ0) is 11.1. The van der Waals surface area contributed by atoms with Gasteiger partial charge in [0.1, 0.15) is 11.6 Å². The van der Waals surface area contributed by atoms with Crippen molar-refractivity contribution in [2.45, 2.75) is 24.9 Å². The largest absolute Gasteiger partial charge is 0.495 e. The predicted octanol–water partition coefficient (Wildman–Crippen LogP) is 2.66. The molecule has 15 heavy (non-hydrogen) atoms. The average Bonchev–Trinajstić information content (AvgIpc) is 2.89. The first-order valence-electron chi connectivity index (χ1n) is 4.78. The van der Waals surface area contributed by atoms with Crippen LogP contribution in [0, 0.1) is 5.82 Å². The summed E-state index contributed by atoms with van der Waals surface area (Å²) in [5.41, 5.74) is -0.142. The van der Waals surface area contributed by atoms with Crippen molar-refractivity contribution < 1.29 is 14.2 Å². The van der Waals surface area contributed by atoms with E-state index in [0.717, 1.165) is 12.8 Å². The van der Waals surface area contributed by atoms with E-state index in [2.05, 4.69) is 15.9 Å². The Morgan fingerprint density at radius 3 is 2.73 bits per heavy atom. The molecular weight excluding hydrogens is 263 g/mol. The van der Waals surface area contributed by atoms with Gasteiger partial charge in [-0.2, -0.15) is 0 Å². The van der Waals surface area contributed by atoms with Crippen LogP contribution < -0.4 is 4.74 Å². The molecule has 0 radical (unpaired) electrons. The van der Waals surface area contributed by atoms with Crippen molar-refractivity contribution in [3.05, 3.63) is 28.0 Å². The van der Waals surface area contributed by atoms with Gasteiger partial charge in [0.05, 0.1) is 17.2 Å². The van der Waals surface area contributed by atoms with Gasteiger partial charge in [-0.1, -0.05) is 0 Å². The first kappa shape index (κ1) is 10.9. The molecule has 1 aromatic carbocycles. The third kappa shape index (κ3) is 2.32. The molecule has 1 aliphatic carbocycles. The minimum atomic E-state index is -0.672. The highest BCUT2D eigenvalue weighted by molar-refractivity contribution is 9.10. The molecule has 0 amide bonds. The van der Waals surface area contributed by atoms with Crippen LogP contribution in [0.25, 0.3) is 0 Å². The summed E-state index contributed by atoms with van der Waals surface area (Å²) in [4.78, 5) is 0. The van der Waals surface area contributed by atoms with Crippen molar-refractivity contribution in [1.29, 1.82) is 0 Å². The number of methoxy groups -OCH3 is 1. The number of aliphatic hydroxyl groups is 1. The Labute approximate surface area is 96.2 Å². The quantitative estimate of drug-likeness (QED) is 0.919. The van der Waals surface area contributed by atoms with Crippen LogP contribution in [-0.2, 0) is 6.42 Å². The minimum absolute atomic E-state index is 0.324. The maximum Gasteiger partial charge on any atom is 0.135 e. The lowest BCUT2D eigenvalue weighted by Crippen LogP contribution is -2.12. The summed E-state index contributed by atoms with van der Waals surface area (Å²) in [5, 5.41) is 9.71. The summed E-state index contributed by atoms with van der Waals surface area (Å²) in [7, 11) is 1.49. The molecule has 1 saturated carbocycles. The van der Waals surface area contributed by atoms with Gasteiger partial charge in [-0.3, -0.25) is 0 Å². The van der Waals surface area contributed by atoms with Gasteiger partial charge in [-0.15, -0.1) is 0 Å². The Hall–Kier alpha value is -0.610. The van der Waals surface area contributed by atoms with E-state index in [1.165, 1.54) is 13.2 Å². The summed E-state index contributed by atoms with van der Waals surface area (Å²) in [5.74, 6) is 0.148. The SMILES string of the molecule is COc1cc(F)c(CC2(O)CC2)cc1Br. The first-order valence-corrected chi connectivity index (χ1v) is 5.58. The molecule has 0 bridgehead atoms. The number of rotatable bonds is 3. The third-order valence-corrected chi connectivity index (χ3v) is 3.29. The molecule has 4 heteroatoms. The fraction of sp³-hybridized carbons (Fsp3) is 0.455. The Morgan fingerprint density at radius 2 is 2.20 bits per heavy atom. The molecule has 1 aliphatic rings. The third-order valence-electron chi connectivity index (χ3n) is 2.67. The molecule has 0 aliphatic heterocycles. The fourth-order valence-electron chi connectivity index (χ4n) is 1.54. The van der Waals surface area contributed by atoms with Gasteiger partial charge in [-0.05, 0) is 40.4 Å². The topological polar surface area (TPSA) is 29.5 Å². The van der Waals surface area contributed by atoms with E-state index >= 15 is 0 Å². The minimum Gasteiger partial charge on any atom is -0.495 e. The van der Waals surface area contributed by atoms with Crippen LogP contribution in [0.5, 0.6) is 5.75 Å². The summed E-state index contributed by atoms with van der Waals surface area (Å²) >= 11 is 3.30. The second-order valence-electron chi connectivity index (χ2n) is 3.98.